The van der Waals surface area contributed by atoms with Crippen LogP contribution in [0.1, 0.15) is 18.4 Å². The minimum absolute atomic E-state index is 0. The number of para-hydroxylation sites is 2. The second-order valence-corrected chi connectivity index (χ2v) is 6.45. The van der Waals surface area contributed by atoms with Crippen LogP contribution in [0.3, 0.4) is 0 Å². The zero-order valence-corrected chi connectivity index (χ0v) is 16.5. The molecule has 3 N–H and O–H groups in total. The minimum Gasteiger partial charge on any atom is -0.457 e. The van der Waals surface area contributed by atoms with Crippen LogP contribution in [-0.4, -0.2) is 36.9 Å². The van der Waals surface area contributed by atoms with E-state index in [-0.39, 0.29) is 24.8 Å². The van der Waals surface area contributed by atoms with Gasteiger partial charge in [-0.2, -0.15) is 0 Å². The summed E-state index contributed by atoms with van der Waals surface area (Å²) in [6, 6.07) is 18.0. The van der Waals surface area contributed by atoms with E-state index >= 15 is 0 Å². The van der Waals surface area contributed by atoms with Crippen molar-refractivity contribution in [1.82, 2.24) is 10.6 Å². The molecule has 0 bridgehead atoms. The van der Waals surface area contributed by atoms with Crippen LogP contribution >= 0.6 is 24.8 Å². The van der Waals surface area contributed by atoms with Gasteiger partial charge in [-0.1, -0.05) is 36.4 Å². The van der Waals surface area contributed by atoms with Crippen molar-refractivity contribution in [3.8, 4) is 11.5 Å². The van der Waals surface area contributed by atoms with Crippen molar-refractivity contribution in [3.63, 3.8) is 0 Å². The fourth-order valence-corrected chi connectivity index (χ4v) is 3.07. The van der Waals surface area contributed by atoms with Crippen LogP contribution < -0.4 is 15.4 Å². The number of benzene rings is 2. The molecule has 1 aliphatic rings. The fraction of sp³-hybridized carbons (Fsp3) is 0.400. The van der Waals surface area contributed by atoms with Gasteiger partial charge in [-0.25, -0.2) is 0 Å². The predicted molar refractivity (Wildman–Crippen MR) is 111 cm³/mol. The number of rotatable bonds is 7. The van der Waals surface area contributed by atoms with Crippen LogP contribution in [0, 0.1) is 0 Å². The normalized spacial score (nSPS) is 19.1. The van der Waals surface area contributed by atoms with Crippen molar-refractivity contribution < 1.29 is 9.84 Å². The Balaban J connectivity index is 0.00000169. The number of hydrogen-bond donors (Lipinski definition) is 3. The number of ether oxygens (including phenoxy) is 1. The van der Waals surface area contributed by atoms with E-state index in [1.807, 2.05) is 48.5 Å². The van der Waals surface area contributed by atoms with Gasteiger partial charge < -0.3 is 20.5 Å². The van der Waals surface area contributed by atoms with Gasteiger partial charge in [-0.05, 0) is 56.1 Å². The number of hydrogen-bond acceptors (Lipinski definition) is 4. The van der Waals surface area contributed by atoms with E-state index in [1.54, 1.807) is 0 Å². The zero-order chi connectivity index (χ0) is 16.7. The Kier molecular flexibility index (Phi) is 9.99. The molecule has 0 saturated carbocycles. The van der Waals surface area contributed by atoms with Gasteiger partial charge in [0.15, 0.2) is 0 Å². The Morgan fingerprint density at radius 1 is 1.04 bits per heavy atom. The molecular formula is C20H28Cl2N2O2. The van der Waals surface area contributed by atoms with Crippen molar-refractivity contribution in [1.29, 1.82) is 0 Å². The Morgan fingerprint density at radius 2 is 1.77 bits per heavy atom. The maximum absolute atomic E-state index is 10.5. The lowest BCUT2D eigenvalue weighted by Crippen LogP contribution is -2.52. The molecule has 6 heteroatoms. The third-order valence-corrected chi connectivity index (χ3v) is 4.42. The summed E-state index contributed by atoms with van der Waals surface area (Å²) in [5, 5.41) is 17.1. The lowest BCUT2D eigenvalue weighted by atomic mass is 9.94. The highest BCUT2D eigenvalue weighted by molar-refractivity contribution is 5.85. The van der Waals surface area contributed by atoms with Gasteiger partial charge in [0, 0.05) is 13.1 Å². The van der Waals surface area contributed by atoms with E-state index in [9.17, 15) is 5.11 Å². The Bertz CT molecular complexity index is 635. The predicted octanol–water partition coefficient (Wildman–Crippen LogP) is 3.57. The molecule has 0 amide bonds. The standard InChI is InChI=1S/C20H26N2O2.2ClH/c23-20(12-6-13-21-15-20)16-22-14-11-17-7-4-5-10-19(17)24-18-8-2-1-3-9-18;;/h1-5,7-10,21-23H,6,11-16H2;2*1H. The van der Waals surface area contributed by atoms with Crippen LogP contribution in [0.25, 0.3) is 0 Å². The van der Waals surface area contributed by atoms with Crippen LogP contribution in [0.5, 0.6) is 11.5 Å². The van der Waals surface area contributed by atoms with Crippen LogP contribution in [0.15, 0.2) is 54.6 Å². The maximum Gasteiger partial charge on any atom is 0.130 e. The summed E-state index contributed by atoms with van der Waals surface area (Å²) in [4.78, 5) is 0. The molecule has 1 saturated heterocycles. The van der Waals surface area contributed by atoms with Crippen molar-refractivity contribution >= 4 is 24.8 Å². The number of nitrogens with one attached hydrogen (secondary N) is 2. The Hall–Kier alpha value is -1.30. The van der Waals surface area contributed by atoms with Crippen molar-refractivity contribution in [2.24, 2.45) is 0 Å². The molecule has 0 aliphatic carbocycles. The Labute approximate surface area is 168 Å². The number of β-amino-alcohol motifs (C(OH)–C–C–N with tert-alkyl or cyclic N) is 1. The third-order valence-electron chi connectivity index (χ3n) is 4.42. The van der Waals surface area contributed by atoms with E-state index in [0.717, 1.165) is 43.9 Å². The van der Waals surface area contributed by atoms with Gasteiger partial charge >= 0.3 is 0 Å². The first-order chi connectivity index (χ1) is 11.8. The van der Waals surface area contributed by atoms with Crippen LogP contribution in [0.4, 0.5) is 0 Å². The van der Waals surface area contributed by atoms with Crippen molar-refractivity contribution in [2.75, 3.05) is 26.2 Å². The van der Waals surface area contributed by atoms with E-state index in [2.05, 4.69) is 16.7 Å². The molecule has 1 aliphatic heterocycles. The number of piperidine rings is 1. The SMILES string of the molecule is Cl.Cl.OC1(CNCCc2ccccc2Oc2ccccc2)CCCNC1. The first-order valence-electron chi connectivity index (χ1n) is 8.70. The highest BCUT2D eigenvalue weighted by Gasteiger charge is 2.28. The highest BCUT2D eigenvalue weighted by atomic mass is 35.5. The first kappa shape index (κ1) is 22.7. The van der Waals surface area contributed by atoms with Gasteiger partial charge in [-0.3, -0.25) is 0 Å². The van der Waals surface area contributed by atoms with Crippen molar-refractivity contribution in [2.45, 2.75) is 24.9 Å². The fourth-order valence-electron chi connectivity index (χ4n) is 3.07. The van der Waals surface area contributed by atoms with E-state index in [1.165, 1.54) is 5.56 Å². The summed E-state index contributed by atoms with van der Waals surface area (Å²) in [5.41, 5.74) is 0.556. The topological polar surface area (TPSA) is 53.5 Å². The molecule has 0 aromatic heterocycles. The Morgan fingerprint density at radius 3 is 2.50 bits per heavy atom. The van der Waals surface area contributed by atoms with Gasteiger partial charge in [-0.15, -0.1) is 24.8 Å². The average Bonchev–Trinajstić information content (AvgIpc) is 2.62. The zero-order valence-electron chi connectivity index (χ0n) is 14.8. The van der Waals surface area contributed by atoms with Crippen molar-refractivity contribution in [3.05, 3.63) is 60.2 Å². The second kappa shape index (κ2) is 11.4. The van der Waals surface area contributed by atoms with Gasteiger partial charge in [0.1, 0.15) is 11.5 Å². The molecule has 1 unspecified atom stereocenters. The first-order valence-corrected chi connectivity index (χ1v) is 8.70. The molecule has 3 rings (SSSR count). The smallest absolute Gasteiger partial charge is 0.130 e. The number of aliphatic hydroxyl groups is 1. The largest absolute Gasteiger partial charge is 0.457 e. The average molecular weight is 399 g/mol. The summed E-state index contributed by atoms with van der Waals surface area (Å²) in [6.07, 6.45) is 2.76. The third kappa shape index (κ3) is 6.78. The second-order valence-electron chi connectivity index (χ2n) is 6.45. The highest BCUT2D eigenvalue weighted by Crippen LogP contribution is 2.25. The molecule has 4 nitrogen and oxygen atoms in total. The molecule has 2 aromatic rings. The van der Waals surface area contributed by atoms with E-state index in [0.29, 0.717) is 13.1 Å². The van der Waals surface area contributed by atoms with Gasteiger partial charge in [0.25, 0.3) is 0 Å². The van der Waals surface area contributed by atoms with E-state index < -0.39 is 5.60 Å². The summed E-state index contributed by atoms with van der Waals surface area (Å²) in [7, 11) is 0. The molecule has 0 spiro atoms. The van der Waals surface area contributed by atoms with Crippen LogP contribution in [-0.2, 0) is 6.42 Å². The molecule has 144 valence electrons. The molecule has 1 fully saturated rings. The summed E-state index contributed by atoms with van der Waals surface area (Å²) >= 11 is 0. The number of halogens is 2. The van der Waals surface area contributed by atoms with E-state index in [4.69, 9.17) is 4.74 Å². The van der Waals surface area contributed by atoms with Gasteiger partial charge in [0.2, 0.25) is 0 Å². The molecule has 0 radical (unpaired) electrons. The monoisotopic (exact) mass is 398 g/mol. The molecule has 1 heterocycles. The minimum atomic E-state index is -0.613. The quantitative estimate of drug-likeness (QED) is 0.624. The summed E-state index contributed by atoms with van der Waals surface area (Å²) < 4.78 is 5.99. The van der Waals surface area contributed by atoms with Crippen LogP contribution in [0.2, 0.25) is 0 Å². The maximum atomic E-state index is 10.5. The van der Waals surface area contributed by atoms with Gasteiger partial charge in [0.05, 0.1) is 5.60 Å². The molecular weight excluding hydrogens is 371 g/mol. The lowest BCUT2D eigenvalue weighted by molar-refractivity contribution is 0.0174. The summed E-state index contributed by atoms with van der Waals surface area (Å²) in [6.45, 7) is 3.12. The molecule has 2 aromatic carbocycles. The lowest BCUT2D eigenvalue weighted by Gasteiger charge is -2.32. The molecule has 26 heavy (non-hydrogen) atoms. The summed E-state index contributed by atoms with van der Waals surface area (Å²) in [5.74, 6) is 1.74. The molecule has 1 atom stereocenters.